The highest BCUT2D eigenvalue weighted by Gasteiger charge is 2.14. The smallest absolute Gasteiger partial charge is 0.130 e. The van der Waals surface area contributed by atoms with E-state index in [4.69, 9.17) is 9.47 Å². The number of methoxy groups -OCH3 is 2. The molecule has 0 saturated carbocycles. The molecule has 4 nitrogen and oxygen atoms in total. The highest BCUT2D eigenvalue weighted by molar-refractivity contribution is 5.77. The first-order chi connectivity index (χ1) is 9.19. The van der Waals surface area contributed by atoms with E-state index in [1.165, 1.54) is 0 Å². The minimum absolute atomic E-state index is 0.0808. The number of ether oxygens (including phenoxy) is 2. The van der Waals surface area contributed by atoms with Crippen LogP contribution in [0.3, 0.4) is 0 Å². The molecule has 0 aliphatic heterocycles. The Morgan fingerprint density at radius 1 is 0.947 bits per heavy atom. The second-order valence-electron chi connectivity index (χ2n) is 4.08. The van der Waals surface area contributed by atoms with Gasteiger partial charge < -0.3 is 19.7 Å². The molecule has 0 amide bonds. The summed E-state index contributed by atoms with van der Waals surface area (Å²) >= 11 is 0. The molecule has 0 bridgehead atoms. The SMILES string of the molecule is COc1cc(CO)cc(OC)c1-c1ccc(O)cc1. The maximum absolute atomic E-state index is 9.34. The molecule has 2 N–H and O–H groups in total. The second-order valence-corrected chi connectivity index (χ2v) is 4.08. The average Bonchev–Trinajstić information content (AvgIpc) is 2.46. The molecule has 0 unspecified atom stereocenters. The quantitative estimate of drug-likeness (QED) is 0.887. The molecule has 0 aliphatic carbocycles. The predicted molar refractivity (Wildman–Crippen MR) is 72.6 cm³/mol. The molecule has 19 heavy (non-hydrogen) atoms. The second kappa shape index (κ2) is 5.63. The highest BCUT2D eigenvalue weighted by Crippen LogP contribution is 2.40. The Kier molecular flexibility index (Phi) is 3.92. The van der Waals surface area contributed by atoms with Gasteiger partial charge in [0.05, 0.1) is 26.4 Å². The lowest BCUT2D eigenvalue weighted by molar-refractivity contribution is 0.280. The third kappa shape index (κ3) is 2.63. The molecule has 0 atom stereocenters. The van der Waals surface area contributed by atoms with E-state index in [0.717, 1.165) is 16.7 Å². The molecular weight excluding hydrogens is 244 g/mol. The van der Waals surface area contributed by atoms with Crippen molar-refractivity contribution in [3.8, 4) is 28.4 Å². The van der Waals surface area contributed by atoms with Gasteiger partial charge in [0.25, 0.3) is 0 Å². The van der Waals surface area contributed by atoms with Crippen molar-refractivity contribution in [3.63, 3.8) is 0 Å². The highest BCUT2D eigenvalue weighted by atomic mass is 16.5. The van der Waals surface area contributed by atoms with Crippen LogP contribution < -0.4 is 9.47 Å². The minimum Gasteiger partial charge on any atom is -0.508 e. The first-order valence-corrected chi connectivity index (χ1v) is 5.84. The molecule has 0 radical (unpaired) electrons. The molecule has 0 saturated heterocycles. The van der Waals surface area contributed by atoms with E-state index in [-0.39, 0.29) is 12.4 Å². The summed E-state index contributed by atoms with van der Waals surface area (Å²) in [5.74, 6) is 1.44. The molecule has 0 fully saturated rings. The molecule has 0 spiro atoms. The molecule has 2 rings (SSSR count). The normalized spacial score (nSPS) is 10.3. The summed E-state index contributed by atoms with van der Waals surface area (Å²) in [6.07, 6.45) is 0. The van der Waals surface area contributed by atoms with Gasteiger partial charge in [0.1, 0.15) is 17.2 Å². The Balaban J connectivity index is 2.63. The third-order valence-electron chi connectivity index (χ3n) is 2.90. The van der Waals surface area contributed by atoms with Crippen LogP contribution in [-0.2, 0) is 6.61 Å². The van der Waals surface area contributed by atoms with Gasteiger partial charge in [0.2, 0.25) is 0 Å². The van der Waals surface area contributed by atoms with Gasteiger partial charge in [0.15, 0.2) is 0 Å². The monoisotopic (exact) mass is 260 g/mol. The number of aliphatic hydroxyl groups is 1. The maximum atomic E-state index is 9.34. The van der Waals surface area contributed by atoms with Crippen molar-refractivity contribution in [1.82, 2.24) is 0 Å². The fraction of sp³-hybridized carbons (Fsp3) is 0.200. The molecule has 100 valence electrons. The summed E-state index contributed by atoms with van der Waals surface area (Å²) in [4.78, 5) is 0. The largest absolute Gasteiger partial charge is 0.508 e. The third-order valence-corrected chi connectivity index (χ3v) is 2.90. The van der Waals surface area contributed by atoms with Crippen molar-refractivity contribution in [2.24, 2.45) is 0 Å². The molecule has 0 aliphatic rings. The van der Waals surface area contributed by atoms with Crippen LogP contribution in [0, 0.1) is 0 Å². The summed E-state index contributed by atoms with van der Waals surface area (Å²) in [6, 6.07) is 10.3. The van der Waals surface area contributed by atoms with Crippen LogP contribution in [0.1, 0.15) is 5.56 Å². The topological polar surface area (TPSA) is 58.9 Å². The van der Waals surface area contributed by atoms with Crippen molar-refractivity contribution in [2.75, 3.05) is 14.2 Å². The van der Waals surface area contributed by atoms with Gasteiger partial charge in [0, 0.05) is 0 Å². The lowest BCUT2D eigenvalue weighted by Crippen LogP contribution is -1.96. The van der Waals surface area contributed by atoms with Gasteiger partial charge in [-0.1, -0.05) is 12.1 Å². The number of hydrogen-bond acceptors (Lipinski definition) is 4. The van der Waals surface area contributed by atoms with Crippen molar-refractivity contribution < 1.29 is 19.7 Å². The van der Waals surface area contributed by atoms with Gasteiger partial charge >= 0.3 is 0 Å². The van der Waals surface area contributed by atoms with Crippen LogP contribution in [0.25, 0.3) is 11.1 Å². The molecule has 4 heteroatoms. The Hall–Kier alpha value is -2.20. The number of hydrogen-bond donors (Lipinski definition) is 2. The van der Waals surface area contributed by atoms with E-state index in [2.05, 4.69) is 0 Å². The van der Waals surface area contributed by atoms with Crippen LogP contribution in [0.2, 0.25) is 0 Å². The zero-order chi connectivity index (χ0) is 13.8. The van der Waals surface area contributed by atoms with Gasteiger partial charge in [-0.25, -0.2) is 0 Å². The zero-order valence-electron chi connectivity index (χ0n) is 10.9. The van der Waals surface area contributed by atoms with E-state index in [0.29, 0.717) is 11.5 Å². The number of phenolic OH excluding ortho intramolecular Hbond substituents is 1. The number of phenols is 1. The Morgan fingerprint density at radius 3 is 1.89 bits per heavy atom. The first kappa shape index (κ1) is 13.2. The maximum Gasteiger partial charge on any atom is 0.130 e. The molecular formula is C15H16O4. The lowest BCUT2D eigenvalue weighted by Gasteiger charge is -2.15. The summed E-state index contributed by atoms with van der Waals surface area (Å²) < 4.78 is 10.7. The number of aliphatic hydroxyl groups excluding tert-OH is 1. The molecule has 0 heterocycles. The Morgan fingerprint density at radius 2 is 1.47 bits per heavy atom. The standard InChI is InChI=1S/C15H16O4/c1-18-13-7-10(9-16)8-14(19-2)15(13)11-3-5-12(17)6-4-11/h3-8,16-17H,9H2,1-2H3. The number of rotatable bonds is 4. The van der Waals surface area contributed by atoms with E-state index in [1.807, 2.05) is 0 Å². The Labute approximate surface area is 111 Å². The van der Waals surface area contributed by atoms with Crippen LogP contribution in [-0.4, -0.2) is 24.4 Å². The van der Waals surface area contributed by atoms with Crippen molar-refractivity contribution in [1.29, 1.82) is 0 Å². The van der Waals surface area contributed by atoms with Crippen molar-refractivity contribution in [3.05, 3.63) is 42.0 Å². The first-order valence-electron chi connectivity index (χ1n) is 5.84. The Bertz CT molecular complexity index is 536. The fourth-order valence-corrected chi connectivity index (χ4v) is 1.97. The minimum atomic E-state index is -0.0808. The average molecular weight is 260 g/mol. The molecule has 0 aromatic heterocycles. The van der Waals surface area contributed by atoms with Gasteiger partial charge in [-0.05, 0) is 35.4 Å². The van der Waals surface area contributed by atoms with Crippen molar-refractivity contribution >= 4 is 0 Å². The van der Waals surface area contributed by atoms with Crippen LogP contribution in [0.4, 0.5) is 0 Å². The zero-order valence-corrected chi connectivity index (χ0v) is 10.9. The van der Waals surface area contributed by atoms with Crippen LogP contribution >= 0.6 is 0 Å². The molecule has 2 aromatic rings. The fourth-order valence-electron chi connectivity index (χ4n) is 1.97. The summed E-state index contributed by atoms with van der Waals surface area (Å²) in [5, 5.41) is 18.6. The van der Waals surface area contributed by atoms with Gasteiger partial charge in [-0.3, -0.25) is 0 Å². The molecule has 2 aromatic carbocycles. The van der Waals surface area contributed by atoms with E-state index >= 15 is 0 Å². The van der Waals surface area contributed by atoms with E-state index in [9.17, 15) is 10.2 Å². The summed E-state index contributed by atoms with van der Waals surface area (Å²) in [7, 11) is 3.14. The van der Waals surface area contributed by atoms with Gasteiger partial charge in [-0.2, -0.15) is 0 Å². The predicted octanol–water partition coefficient (Wildman–Crippen LogP) is 2.57. The van der Waals surface area contributed by atoms with E-state index in [1.54, 1.807) is 50.6 Å². The number of benzene rings is 2. The van der Waals surface area contributed by atoms with E-state index < -0.39 is 0 Å². The number of aromatic hydroxyl groups is 1. The van der Waals surface area contributed by atoms with Crippen LogP contribution in [0.5, 0.6) is 17.2 Å². The van der Waals surface area contributed by atoms with Crippen LogP contribution in [0.15, 0.2) is 36.4 Å². The van der Waals surface area contributed by atoms with Crippen molar-refractivity contribution in [2.45, 2.75) is 6.61 Å². The van der Waals surface area contributed by atoms with Gasteiger partial charge in [-0.15, -0.1) is 0 Å². The summed E-state index contributed by atoms with van der Waals surface area (Å²) in [6.45, 7) is -0.0808. The lowest BCUT2D eigenvalue weighted by atomic mass is 10.0. The summed E-state index contributed by atoms with van der Waals surface area (Å²) in [5.41, 5.74) is 2.38.